The van der Waals surface area contributed by atoms with Gasteiger partial charge in [-0.3, -0.25) is 14.5 Å². The van der Waals surface area contributed by atoms with Crippen LogP contribution in [-0.4, -0.2) is 66.1 Å². The molecule has 1 aliphatic heterocycles. The van der Waals surface area contributed by atoms with Crippen molar-refractivity contribution in [3.05, 3.63) is 65.9 Å². The van der Waals surface area contributed by atoms with Crippen molar-refractivity contribution in [3.8, 4) is 17.3 Å². The maximum atomic E-state index is 12.5. The minimum Gasteiger partial charge on any atom is -0.379 e. The highest BCUT2D eigenvalue weighted by atomic mass is 16.5. The van der Waals surface area contributed by atoms with Gasteiger partial charge in [-0.2, -0.15) is 5.26 Å². The van der Waals surface area contributed by atoms with E-state index in [0.717, 1.165) is 56.1 Å². The molecular weight excluding hydrogens is 506 g/mol. The summed E-state index contributed by atoms with van der Waals surface area (Å²) < 4.78 is 5.37. The number of benzene rings is 2. The summed E-state index contributed by atoms with van der Waals surface area (Å²) in [4.78, 5) is 35.8. The molecule has 0 spiro atoms. The molecule has 0 radical (unpaired) electrons. The van der Waals surface area contributed by atoms with Crippen LogP contribution in [0.1, 0.15) is 31.4 Å². The third-order valence-electron chi connectivity index (χ3n) is 6.50. The molecule has 1 aliphatic rings. The second-order valence-electron chi connectivity index (χ2n) is 9.94. The van der Waals surface area contributed by atoms with Crippen LogP contribution in [0.15, 0.2) is 54.7 Å². The van der Waals surface area contributed by atoms with Crippen LogP contribution < -0.4 is 16.0 Å². The Morgan fingerprint density at radius 1 is 1.12 bits per heavy atom. The first-order valence-corrected chi connectivity index (χ1v) is 13.5. The monoisotopic (exact) mass is 541 g/mol. The highest BCUT2D eigenvalue weighted by molar-refractivity contribution is 5.93. The average Bonchev–Trinajstić information content (AvgIpc) is 2.96. The van der Waals surface area contributed by atoms with E-state index >= 15 is 0 Å². The molecule has 0 unspecified atom stereocenters. The van der Waals surface area contributed by atoms with Crippen LogP contribution in [0.2, 0.25) is 0 Å². The number of morpholine rings is 1. The molecule has 0 bridgehead atoms. The fourth-order valence-electron chi connectivity index (χ4n) is 4.25. The number of carbonyl (C=O) groups is 2. The molecule has 2 aromatic carbocycles. The van der Waals surface area contributed by atoms with E-state index in [0.29, 0.717) is 29.4 Å². The van der Waals surface area contributed by atoms with Crippen molar-refractivity contribution in [2.45, 2.75) is 26.7 Å². The highest BCUT2D eigenvalue weighted by Crippen LogP contribution is 2.25. The molecule has 40 heavy (non-hydrogen) atoms. The van der Waals surface area contributed by atoms with E-state index in [2.05, 4.69) is 36.9 Å². The molecular formula is C30H35N7O3. The Morgan fingerprint density at radius 2 is 1.95 bits per heavy atom. The number of nitrogens with one attached hydrogen (secondary N) is 3. The molecule has 2 heterocycles. The zero-order valence-corrected chi connectivity index (χ0v) is 22.9. The number of hydrogen-bond donors (Lipinski definition) is 3. The van der Waals surface area contributed by atoms with Crippen LogP contribution in [0.3, 0.4) is 0 Å². The SMILES string of the molecule is CC(C)C(=O)Nc1ccc(-c2ccnc(Nc3cccc(CC(=O)NCCCN4CCOCC4)c3)n2)cc1C#N. The molecule has 1 fully saturated rings. The maximum absolute atomic E-state index is 12.5. The van der Waals surface area contributed by atoms with Crippen molar-refractivity contribution in [2.24, 2.45) is 5.92 Å². The zero-order chi connectivity index (χ0) is 28.3. The lowest BCUT2D eigenvalue weighted by molar-refractivity contribution is -0.120. The van der Waals surface area contributed by atoms with Gasteiger partial charge in [0.1, 0.15) is 6.07 Å². The Morgan fingerprint density at radius 3 is 2.73 bits per heavy atom. The summed E-state index contributed by atoms with van der Waals surface area (Å²) >= 11 is 0. The molecule has 0 aliphatic carbocycles. The van der Waals surface area contributed by atoms with Crippen LogP contribution in [0.5, 0.6) is 0 Å². The first-order chi connectivity index (χ1) is 19.4. The number of carbonyl (C=O) groups excluding carboxylic acids is 2. The van der Waals surface area contributed by atoms with E-state index in [1.807, 2.05) is 30.3 Å². The fraction of sp³-hybridized carbons (Fsp3) is 0.367. The Kier molecular flexibility index (Phi) is 10.2. The summed E-state index contributed by atoms with van der Waals surface area (Å²) in [6, 6.07) is 16.7. The predicted molar refractivity (Wildman–Crippen MR) is 154 cm³/mol. The molecule has 3 N–H and O–H groups in total. The van der Waals surface area contributed by atoms with Gasteiger partial charge in [0, 0.05) is 43.0 Å². The van der Waals surface area contributed by atoms with Crippen LogP contribution in [0.4, 0.5) is 17.3 Å². The third-order valence-corrected chi connectivity index (χ3v) is 6.50. The molecule has 208 valence electrons. The van der Waals surface area contributed by atoms with E-state index in [-0.39, 0.29) is 24.2 Å². The number of amides is 2. The second kappa shape index (κ2) is 14.2. The minimum atomic E-state index is -0.194. The van der Waals surface area contributed by atoms with Gasteiger partial charge in [0.25, 0.3) is 0 Å². The number of nitriles is 1. The molecule has 3 aromatic rings. The normalized spacial score (nSPS) is 13.4. The van der Waals surface area contributed by atoms with Crippen molar-refractivity contribution < 1.29 is 14.3 Å². The van der Waals surface area contributed by atoms with Crippen molar-refractivity contribution in [1.82, 2.24) is 20.2 Å². The van der Waals surface area contributed by atoms with E-state index in [1.54, 1.807) is 38.2 Å². The van der Waals surface area contributed by atoms with Gasteiger partial charge in [0.05, 0.1) is 36.6 Å². The minimum absolute atomic E-state index is 0.0151. The summed E-state index contributed by atoms with van der Waals surface area (Å²) in [5.74, 6) is 0.0260. The fourth-order valence-corrected chi connectivity index (χ4v) is 4.25. The van der Waals surface area contributed by atoms with Gasteiger partial charge in [-0.1, -0.05) is 32.0 Å². The van der Waals surface area contributed by atoms with Crippen LogP contribution in [0.25, 0.3) is 11.3 Å². The van der Waals surface area contributed by atoms with Gasteiger partial charge in [0.15, 0.2) is 0 Å². The van der Waals surface area contributed by atoms with Gasteiger partial charge in [-0.05, 0) is 48.9 Å². The van der Waals surface area contributed by atoms with Crippen LogP contribution in [-0.2, 0) is 20.7 Å². The quantitative estimate of drug-likeness (QED) is 0.313. The van der Waals surface area contributed by atoms with Gasteiger partial charge in [-0.25, -0.2) is 9.97 Å². The molecule has 10 nitrogen and oxygen atoms in total. The summed E-state index contributed by atoms with van der Waals surface area (Å²) in [6.45, 7) is 8.65. The number of rotatable bonds is 11. The lowest BCUT2D eigenvalue weighted by Crippen LogP contribution is -2.38. The average molecular weight is 542 g/mol. The van der Waals surface area contributed by atoms with E-state index in [4.69, 9.17) is 4.74 Å². The molecule has 1 aromatic heterocycles. The lowest BCUT2D eigenvalue weighted by atomic mass is 10.1. The topological polar surface area (TPSA) is 132 Å². The van der Waals surface area contributed by atoms with Crippen molar-refractivity contribution in [2.75, 3.05) is 50.0 Å². The Labute approximate surface area is 234 Å². The number of hydrogen-bond acceptors (Lipinski definition) is 8. The maximum Gasteiger partial charge on any atom is 0.227 e. The van der Waals surface area contributed by atoms with Crippen molar-refractivity contribution >= 4 is 29.1 Å². The molecule has 0 saturated carbocycles. The van der Waals surface area contributed by atoms with Crippen molar-refractivity contribution in [1.29, 1.82) is 5.26 Å². The number of aromatic nitrogens is 2. The summed E-state index contributed by atoms with van der Waals surface area (Å²) in [5, 5.41) is 18.6. The van der Waals surface area contributed by atoms with Gasteiger partial charge in [-0.15, -0.1) is 0 Å². The Bertz CT molecular complexity index is 1360. The van der Waals surface area contributed by atoms with Crippen LogP contribution in [0, 0.1) is 17.2 Å². The molecule has 0 atom stereocenters. The highest BCUT2D eigenvalue weighted by Gasteiger charge is 2.13. The van der Waals surface area contributed by atoms with E-state index in [1.165, 1.54) is 0 Å². The number of ether oxygens (including phenoxy) is 1. The Hall–Kier alpha value is -4.33. The Balaban J connectivity index is 1.34. The van der Waals surface area contributed by atoms with Crippen LogP contribution >= 0.6 is 0 Å². The summed E-state index contributed by atoms with van der Waals surface area (Å²) in [7, 11) is 0. The lowest BCUT2D eigenvalue weighted by Gasteiger charge is -2.26. The third kappa shape index (κ3) is 8.33. The zero-order valence-electron chi connectivity index (χ0n) is 22.9. The van der Waals surface area contributed by atoms with Gasteiger partial charge < -0.3 is 20.7 Å². The van der Waals surface area contributed by atoms with E-state index < -0.39 is 0 Å². The first-order valence-electron chi connectivity index (χ1n) is 13.5. The van der Waals surface area contributed by atoms with E-state index in [9.17, 15) is 14.9 Å². The molecule has 2 amide bonds. The number of anilines is 3. The summed E-state index contributed by atoms with van der Waals surface area (Å²) in [5.41, 5.74) is 3.82. The molecule has 10 heteroatoms. The number of nitrogens with zero attached hydrogens (tertiary/aromatic N) is 4. The molecule has 1 saturated heterocycles. The van der Waals surface area contributed by atoms with Gasteiger partial charge in [0.2, 0.25) is 17.8 Å². The second-order valence-corrected chi connectivity index (χ2v) is 9.94. The molecule has 4 rings (SSSR count). The summed E-state index contributed by atoms with van der Waals surface area (Å²) in [6.07, 6.45) is 2.83. The standard InChI is InChI=1S/C30H35N7O3/c1-21(2)29(39)35-26-8-7-23(19-24(26)20-31)27-9-11-33-30(36-27)34-25-6-3-5-22(17-25)18-28(38)32-10-4-12-37-13-15-40-16-14-37/h3,5-9,11,17,19,21H,4,10,12-16,18H2,1-2H3,(H,32,38)(H,35,39)(H,33,34,36). The largest absolute Gasteiger partial charge is 0.379 e. The van der Waals surface area contributed by atoms with Crippen molar-refractivity contribution in [3.63, 3.8) is 0 Å². The first kappa shape index (κ1) is 28.7. The smallest absolute Gasteiger partial charge is 0.227 e. The van der Waals surface area contributed by atoms with Gasteiger partial charge >= 0.3 is 0 Å². The predicted octanol–water partition coefficient (Wildman–Crippen LogP) is 3.73.